The van der Waals surface area contributed by atoms with E-state index in [4.69, 9.17) is 20.7 Å². The maximum Gasteiger partial charge on any atom is 0.223 e. The molecule has 3 rings (SSSR count). The summed E-state index contributed by atoms with van der Waals surface area (Å²) >= 11 is 0.906. The molecule has 0 spiro atoms. The summed E-state index contributed by atoms with van der Waals surface area (Å²) in [6, 6.07) is 1.67. The second-order valence-corrected chi connectivity index (χ2v) is 5.27. The molecule has 2 aromatic heterocycles. The largest absolute Gasteiger partial charge is 0.394 e. The number of halogens is 1. The minimum Gasteiger partial charge on any atom is -0.394 e. The summed E-state index contributed by atoms with van der Waals surface area (Å²) < 4.78 is 20.9. The summed E-state index contributed by atoms with van der Waals surface area (Å²) in [6.07, 6.45) is -3.62. The molecular formula is C11H14FN5O3S. The normalized spacial score (nSPS) is 29.3. The summed E-state index contributed by atoms with van der Waals surface area (Å²) in [5, 5.41) is 25.4. The van der Waals surface area contributed by atoms with Crippen molar-refractivity contribution in [2.75, 3.05) is 12.3 Å². The zero-order valence-corrected chi connectivity index (χ0v) is 11.6. The summed E-state index contributed by atoms with van der Waals surface area (Å²) in [4.78, 5) is 8.06. The van der Waals surface area contributed by atoms with Gasteiger partial charge in [0.1, 0.15) is 22.9 Å². The fraction of sp³-hybridized carbons (Fsp3) is 0.455. The van der Waals surface area contributed by atoms with E-state index < -0.39 is 31.2 Å². The predicted molar refractivity (Wildman–Crippen MR) is 73.9 cm³/mol. The van der Waals surface area contributed by atoms with Crippen molar-refractivity contribution in [3.63, 3.8) is 0 Å². The number of nitrogens with zero attached hydrogens (tertiary/aromatic N) is 3. The van der Waals surface area contributed by atoms with E-state index in [2.05, 4.69) is 9.97 Å². The van der Waals surface area contributed by atoms with E-state index in [1.165, 1.54) is 4.57 Å². The highest BCUT2D eigenvalue weighted by Crippen LogP contribution is 2.35. The first-order valence-electron chi connectivity index (χ1n) is 6.16. The number of alkyl halides is 1. The number of nitrogens with two attached hydrogens (primary N) is 2. The van der Waals surface area contributed by atoms with Crippen LogP contribution in [0.25, 0.3) is 11.0 Å². The Morgan fingerprint density at radius 3 is 2.86 bits per heavy atom. The monoisotopic (exact) mass is 315 g/mol. The fourth-order valence-electron chi connectivity index (χ4n) is 2.40. The van der Waals surface area contributed by atoms with E-state index in [1.807, 2.05) is 0 Å². The molecule has 1 saturated heterocycles. The molecule has 0 bridgehead atoms. The second-order valence-electron chi connectivity index (χ2n) is 4.65. The van der Waals surface area contributed by atoms with Crippen LogP contribution in [0.4, 0.5) is 10.3 Å². The van der Waals surface area contributed by atoms with Crippen molar-refractivity contribution in [3.05, 3.63) is 12.3 Å². The highest BCUT2D eigenvalue weighted by atomic mass is 32.2. The number of fused-ring (bicyclic) bond motifs is 1. The summed E-state index contributed by atoms with van der Waals surface area (Å²) in [6.45, 7) is -0.474. The number of aliphatic hydroxyl groups excluding tert-OH is 2. The standard InChI is InChI=1S/C11H14FN5O3S/c12-6-7(19)5(3-18)20-10(6)17-2-1-4-8(17)15-11(13)16-9(4)21-14/h1-2,5-7,10,18-19H,3,14H2,(H2,13,15,16)/t5-,6+,7-,10-/m1/s1. The molecular weight excluding hydrogens is 301 g/mol. The maximum atomic E-state index is 14.2. The van der Waals surface area contributed by atoms with Crippen molar-refractivity contribution in [2.45, 2.75) is 29.6 Å². The summed E-state index contributed by atoms with van der Waals surface area (Å²) in [5.74, 6) is 0.00283. The third kappa shape index (κ3) is 2.24. The molecule has 1 fully saturated rings. The van der Waals surface area contributed by atoms with Gasteiger partial charge in [-0.05, 0) is 18.0 Å². The minimum absolute atomic E-state index is 0.00283. The Labute approximate surface area is 123 Å². The highest BCUT2D eigenvalue weighted by molar-refractivity contribution is 7.97. The van der Waals surface area contributed by atoms with Crippen LogP contribution in [-0.2, 0) is 4.74 Å². The number of ether oxygens (including phenoxy) is 1. The van der Waals surface area contributed by atoms with Crippen molar-refractivity contribution in [2.24, 2.45) is 5.14 Å². The summed E-state index contributed by atoms with van der Waals surface area (Å²) in [5.41, 5.74) is 5.97. The van der Waals surface area contributed by atoms with E-state index in [0.29, 0.717) is 16.1 Å². The van der Waals surface area contributed by atoms with E-state index in [9.17, 15) is 9.50 Å². The van der Waals surface area contributed by atoms with Gasteiger partial charge < -0.3 is 25.3 Å². The van der Waals surface area contributed by atoms with Gasteiger partial charge in [-0.2, -0.15) is 4.98 Å². The quantitative estimate of drug-likeness (QED) is 0.443. The lowest BCUT2D eigenvalue weighted by Crippen LogP contribution is -2.30. The van der Waals surface area contributed by atoms with E-state index >= 15 is 0 Å². The van der Waals surface area contributed by atoms with Crippen molar-refractivity contribution >= 4 is 28.9 Å². The van der Waals surface area contributed by atoms with Crippen molar-refractivity contribution in [1.29, 1.82) is 0 Å². The van der Waals surface area contributed by atoms with Gasteiger partial charge in [0.2, 0.25) is 5.95 Å². The lowest BCUT2D eigenvalue weighted by atomic mass is 10.1. The van der Waals surface area contributed by atoms with Gasteiger partial charge >= 0.3 is 0 Å². The van der Waals surface area contributed by atoms with Crippen LogP contribution in [0.5, 0.6) is 0 Å². The molecule has 0 aliphatic carbocycles. The first kappa shape index (κ1) is 14.5. The Bertz CT molecular complexity index is 669. The van der Waals surface area contributed by atoms with Crippen LogP contribution in [0, 0.1) is 0 Å². The number of aromatic nitrogens is 3. The molecule has 0 aromatic carbocycles. The number of aliphatic hydroxyl groups is 2. The van der Waals surface area contributed by atoms with Gasteiger partial charge in [0.15, 0.2) is 12.4 Å². The van der Waals surface area contributed by atoms with Gasteiger partial charge in [-0.3, -0.25) is 5.14 Å². The molecule has 6 N–H and O–H groups in total. The highest BCUT2D eigenvalue weighted by Gasteiger charge is 2.45. The Morgan fingerprint density at radius 2 is 2.24 bits per heavy atom. The van der Waals surface area contributed by atoms with Gasteiger partial charge in [0.05, 0.1) is 12.0 Å². The average molecular weight is 315 g/mol. The average Bonchev–Trinajstić information content (AvgIpc) is 3.01. The maximum absolute atomic E-state index is 14.2. The van der Waals surface area contributed by atoms with Gasteiger partial charge in [-0.15, -0.1) is 0 Å². The third-order valence-corrected chi connectivity index (χ3v) is 3.95. The summed E-state index contributed by atoms with van der Waals surface area (Å²) in [7, 11) is 0. The molecule has 0 saturated carbocycles. The molecule has 2 aromatic rings. The van der Waals surface area contributed by atoms with Crippen LogP contribution in [0.2, 0.25) is 0 Å². The van der Waals surface area contributed by atoms with Crippen LogP contribution < -0.4 is 10.9 Å². The number of hydrogen-bond donors (Lipinski definition) is 4. The minimum atomic E-state index is -1.69. The SMILES string of the molecule is NSc1nc(N)nc2c1ccn2[C@@H]1O[C@H](CO)[C@@H](O)[C@@H]1F. The molecule has 114 valence electrons. The molecule has 4 atom stereocenters. The first-order valence-corrected chi connectivity index (χ1v) is 7.04. The van der Waals surface area contributed by atoms with Crippen LogP contribution >= 0.6 is 11.9 Å². The Hall–Kier alpha value is -1.46. The topological polar surface area (TPSA) is 132 Å². The molecule has 1 aliphatic rings. The van der Waals surface area contributed by atoms with E-state index in [0.717, 1.165) is 11.9 Å². The Kier molecular flexibility index (Phi) is 3.71. The smallest absolute Gasteiger partial charge is 0.223 e. The van der Waals surface area contributed by atoms with Gasteiger partial charge in [0, 0.05) is 6.20 Å². The molecule has 1 aliphatic heterocycles. The zero-order valence-electron chi connectivity index (χ0n) is 10.8. The molecule has 3 heterocycles. The zero-order chi connectivity index (χ0) is 15.1. The van der Waals surface area contributed by atoms with Crippen LogP contribution in [0.15, 0.2) is 17.3 Å². The predicted octanol–water partition coefficient (Wildman–Crippen LogP) is -0.432. The molecule has 0 radical (unpaired) electrons. The third-order valence-electron chi connectivity index (χ3n) is 3.41. The lowest BCUT2D eigenvalue weighted by Gasteiger charge is -2.16. The Balaban J connectivity index is 2.07. The van der Waals surface area contributed by atoms with Crippen LogP contribution in [0.3, 0.4) is 0 Å². The van der Waals surface area contributed by atoms with Gasteiger partial charge in [-0.25, -0.2) is 9.37 Å². The number of nitrogen functional groups attached to an aromatic ring is 1. The molecule has 0 unspecified atom stereocenters. The Morgan fingerprint density at radius 1 is 1.48 bits per heavy atom. The number of anilines is 1. The van der Waals surface area contributed by atoms with Gasteiger partial charge in [-0.1, -0.05) is 0 Å². The van der Waals surface area contributed by atoms with Crippen molar-refractivity contribution in [3.8, 4) is 0 Å². The van der Waals surface area contributed by atoms with Crippen LogP contribution in [-0.4, -0.2) is 49.7 Å². The van der Waals surface area contributed by atoms with Crippen molar-refractivity contribution < 1.29 is 19.3 Å². The molecule has 21 heavy (non-hydrogen) atoms. The molecule has 0 amide bonds. The second kappa shape index (κ2) is 5.39. The number of rotatable bonds is 3. The first-order chi connectivity index (χ1) is 10.1. The molecule has 8 nitrogen and oxygen atoms in total. The van der Waals surface area contributed by atoms with E-state index in [1.54, 1.807) is 12.3 Å². The number of hydrogen-bond acceptors (Lipinski definition) is 8. The van der Waals surface area contributed by atoms with Gasteiger partial charge in [0.25, 0.3) is 0 Å². The lowest BCUT2D eigenvalue weighted by molar-refractivity contribution is -0.0457. The van der Waals surface area contributed by atoms with E-state index in [-0.39, 0.29) is 5.95 Å². The van der Waals surface area contributed by atoms with Crippen molar-refractivity contribution in [1.82, 2.24) is 14.5 Å². The van der Waals surface area contributed by atoms with Crippen LogP contribution in [0.1, 0.15) is 6.23 Å². The molecule has 10 heteroatoms. The fourth-order valence-corrected chi connectivity index (χ4v) is 2.83.